The smallest absolute Gasteiger partial charge is 0.282 e. The Hall–Kier alpha value is -1.56. The van der Waals surface area contributed by atoms with Crippen molar-refractivity contribution in [3.8, 4) is 0 Å². The van der Waals surface area contributed by atoms with E-state index >= 15 is 0 Å². The molecule has 5 rings (SSSR count). The molecule has 4 aliphatic rings. The van der Waals surface area contributed by atoms with Crippen LogP contribution in [0.5, 0.6) is 0 Å². The Morgan fingerprint density at radius 2 is 1.79 bits per heavy atom. The van der Waals surface area contributed by atoms with Crippen LogP contribution in [0.3, 0.4) is 0 Å². The highest BCUT2D eigenvalue weighted by molar-refractivity contribution is 7.98. The average Bonchev–Trinajstić information content (AvgIpc) is 2.52. The summed E-state index contributed by atoms with van der Waals surface area (Å²) < 4.78 is 0. The third kappa shape index (κ3) is 2.70. The van der Waals surface area contributed by atoms with Gasteiger partial charge in [0, 0.05) is 16.5 Å². The van der Waals surface area contributed by atoms with Gasteiger partial charge in [-0.05, 0) is 74.7 Å². The van der Waals surface area contributed by atoms with Crippen LogP contribution < -0.4 is 5.32 Å². The van der Waals surface area contributed by atoms with Gasteiger partial charge in [-0.2, -0.15) is 0 Å². The van der Waals surface area contributed by atoms with Crippen molar-refractivity contribution in [3.63, 3.8) is 0 Å². The summed E-state index contributed by atoms with van der Waals surface area (Å²) in [5.74, 6) is 1.90. The third-order valence-electron chi connectivity index (χ3n) is 6.06. The Balaban J connectivity index is 1.61. The second kappa shape index (κ2) is 5.76. The first-order valence-electron chi connectivity index (χ1n) is 8.63. The number of nitro groups is 1. The van der Waals surface area contributed by atoms with Crippen LogP contribution in [-0.2, 0) is 0 Å². The van der Waals surface area contributed by atoms with Crippen molar-refractivity contribution >= 4 is 23.4 Å². The molecule has 0 aromatic heterocycles. The highest BCUT2D eigenvalue weighted by Crippen LogP contribution is 2.55. The van der Waals surface area contributed by atoms with Crippen molar-refractivity contribution in [2.24, 2.45) is 17.8 Å². The number of nitro benzene ring substituents is 1. The fourth-order valence-corrected chi connectivity index (χ4v) is 5.99. The maximum atomic E-state index is 12.9. The van der Waals surface area contributed by atoms with Gasteiger partial charge in [-0.1, -0.05) is 0 Å². The van der Waals surface area contributed by atoms with Crippen LogP contribution in [0, 0.1) is 27.9 Å². The van der Waals surface area contributed by atoms with Crippen molar-refractivity contribution in [1.29, 1.82) is 0 Å². The fraction of sp³-hybridized carbons (Fsp3) is 0.611. The number of thioether (sulfide) groups is 1. The summed E-state index contributed by atoms with van der Waals surface area (Å²) in [5, 5.41) is 14.5. The number of carbonyl (C=O) groups excluding carboxylic acids is 1. The van der Waals surface area contributed by atoms with E-state index in [1.807, 2.05) is 6.26 Å². The number of nitrogens with one attached hydrogen (secondary N) is 1. The average molecular weight is 346 g/mol. The van der Waals surface area contributed by atoms with Gasteiger partial charge in [0.05, 0.1) is 4.92 Å². The number of benzene rings is 1. The fourth-order valence-electron chi connectivity index (χ4n) is 5.56. The number of hydrogen-bond acceptors (Lipinski definition) is 4. The van der Waals surface area contributed by atoms with Gasteiger partial charge < -0.3 is 5.32 Å². The molecule has 4 aliphatic carbocycles. The standard InChI is InChI=1S/C18H22N2O3S/c1-24-14-2-3-16(20(22)23)15(7-14)17(21)19-18-8-11-4-12(9-18)6-13(5-11)10-18/h2-3,7,11-13H,4-6,8-10H2,1H3,(H,19,21). The maximum absolute atomic E-state index is 12.9. The summed E-state index contributed by atoms with van der Waals surface area (Å²) in [6.45, 7) is 0. The van der Waals surface area contributed by atoms with Crippen LogP contribution in [-0.4, -0.2) is 22.6 Å². The van der Waals surface area contributed by atoms with E-state index in [2.05, 4.69) is 5.32 Å². The van der Waals surface area contributed by atoms with Gasteiger partial charge in [-0.25, -0.2) is 0 Å². The van der Waals surface area contributed by atoms with Gasteiger partial charge in [0.2, 0.25) is 0 Å². The summed E-state index contributed by atoms with van der Waals surface area (Å²) in [7, 11) is 0. The molecular formula is C18H22N2O3S. The number of rotatable bonds is 4. The molecule has 0 aliphatic heterocycles. The van der Waals surface area contributed by atoms with Gasteiger partial charge in [-0.3, -0.25) is 14.9 Å². The predicted octanol–water partition coefficient (Wildman–Crippen LogP) is 4.02. The first-order valence-corrected chi connectivity index (χ1v) is 9.85. The van der Waals surface area contributed by atoms with E-state index in [1.165, 1.54) is 37.1 Å². The molecule has 4 saturated carbocycles. The topological polar surface area (TPSA) is 72.2 Å². The molecule has 0 radical (unpaired) electrons. The van der Waals surface area contributed by atoms with Crippen molar-refractivity contribution in [2.75, 3.05) is 6.26 Å². The van der Waals surface area contributed by atoms with Gasteiger partial charge in [0.1, 0.15) is 5.56 Å². The van der Waals surface area contributed by atoms with Crippen LogP contribution in [0.25, 0.3) is 0 Å². The SMILES string of the molecule is CSc1ccc([N+](=O)[O-])c(C(=O)NC23CC4CC(CC(C4)C2)C3)c1. The number of nitrogens with zero attached hydrogens (tertiary/aromatic N) is 1. The second-order valence-corrected chi connectivity index (χ2v) is 8.67. The molecule has 1 N–H and O–H groups in total. The van der Waals surface area contributed by atoms with E-state index in [0.717, 1.165) is 41.9 Å². The molecule has 0 unspecified atom stereocenters. The van der Waals surface area contributed by atoms with E-state index in [9.17, 15) is 14.9 Å². The van der Waals surface area contributed by atoms with Crippen LogP contribution >= 0.6 is 11.8 Å². The summed E-state index contributed by atoms with van der Waals surface area (Å²) in [5.41, 5.74) is -0.0349. The normalized spacial score (nSPS) is 33.5. The van der Waals surface area contributed by atoms with E-state index < -0.39 is 4.92 Å². The molecule has 1 aromatic carbocycles. The van der Waals surface area contributed by atoms with Crippen LogP contribution in [0.2, 0.25) is 0 Å². The third-order valence-corrected chi connectivity index (χ3v) is 6.79. The first-order chi connectivity index (χ1) is 11.5. The molecule has 0 atom stereocenters. The molecule has 1 aromatic rings. The summed E-state index contributed by atoms with van der Waals surface area (Å²) in [6, 6.07) is 4.80. The van der Waals surface area contributed by atoms with Crippen molar-refractivity contribution in [3.05, 3.63) is 33.9 Å². The van der Waals surface area contributed by atoms with Crippen LogP contribution in [0.4, 0.5) is 5.69 Å². The molecule has 0 saturated heterocycles. The summed E-state index contributed by atoms with van der Waals surface area (Å²) in [6.07, 6.45) is 8.94. The molecule has 1 amide bonds. The van der Waals surface area contributed by atoms with Gasteiger partial charge in [0.25, 0.3) is 11.6 Å². The minimum Gasteiger partial charge on any atom is -0.346 e. The Labute approximate surface area is 145 Å². The minimum absolute atomic E-state index is 0.102. The molecule has 0 spiro atoms. The highest BCUT2D eigenvalue weighted by Gasteiger charge is 2.51. The Morgan fingerprint density at radius 1 is 1.21 bits per heavy atom. The largest absolute Gasteiger partial charge is 0.346 e. The van der Waals surface area contributed by atoms with Gasteiger partial charge in [-0.15, -0.1) is 11.8 Å². The van der Waals surface area contributed by atoms with E-state index in [1.54, 1.807) is 12.1 Å². The molecule has 0 heterocycles. The quantitative estimate of drug-likeness (QED) is 0.508. The Kier molecular flexibility index (Phi) is 3.82. The number of amides is 1. The molecule has 5 nitrogen and oxygen atoms in total. The van der Waals surface area contributed by atoms with E-state index in [4.69, 9.17) is 0 Å². The zero-order chi connectivity index (χ0) is 16.9. The zero-order valence-electron chi connectivity index (χ0n) is 13.8. The molecule has 4 fully saturated rings. The van der Waals surface area contributed by atoms with E-state index in [-0.39, 0.29) is 22.7 Å². The summed E-state index contributed by atoms with van der Waals surface area (Å²) in [4.78, 5) is 24.6. The van der Waals surface area contributed by atoms with Crippen LogP contribution in [0.15, 0.2) is 23.1 Å². The second-order valence-electron chi connectivity index (χ2n) is 7.79. The molecule has 6 heteroatoms. The summed E-state index contributed by atoms with van der Waals surface area (Å²) >= 11 is 1.49. The van der Waals surface area contributed by atoms with Crippen molar-refractivity contribution in [1.82, 2.24) is 5.32 Å². The first kappa shape index (κ1) is 15.9. The monoisotopic (exact) mass is 346 g/mol. The Bertz CT molecular complexity index is 668. The van der Waals surface area contributed by atoms with E-state index in [0.29, 0.717) is 0 Å². The maximum Gasteiger partial charge on any atom is 0.282 e. The Morgan fingerprint density at radius 3 is 2.29 bits per heavy atom. The lowest BCUT2D eigenvalue weighted by Gasteiger charge is -2.56. The van der Waals surface area contributed by atoms with Crippen LogP contribution in [0.1, 0.15) is 48.9 Å². The number of carbonyl (C=O) groups is 1. The van der Waals surface area contributed by atoms with Crippen molar-refractivity contribution < 1.29 is 9.72 Å². The molecule has 4 bridgehead atoms. The molecular weight excluding hydrogens is 324 g/mol. The molecule has 24 heavy (non-hydrogen) atoms. The van der Waals surface area contributed by atoms with Gasteiger partial charge >= 0.3 is 0 Å². The molecule has 128 valence electrons. The van der Waals surface area contributed by atoms with Crippen molar-refractivity contribution in [2.45, 2.75) is 49.0 Å². The van der Waals surface area contributed by atoms with Gasteiger partial charge in [0.15, 0.2) is 0 Å². The lowest BCUT2D eigenvalue weighted by molar-refractivity contribution is -0.385. The minimum atomic E-state index is -0.460. The lowest BCUT2D eigenvalue weighted by atomic mass is 9.53. The lowest BCUT2D eigenvalue weighted by Crippen LogP contribution is -2.59. The highest BCUT2D eigenvalue weighted by atomic mass is 32.2. The zero-order valence-corrected chi connectivity index (χ0v) is 14.6. The number of hydrogen-bond donors (Lipinski definition) is 1. The predicted molar refractivity (Wildman–Crippen MR) is 93.2 cm³/mol.